The van der Waals surface area contributed by atoms with Crippen LogP contribution in [-0.2, 0) is 4.79 Å². The van der Waals surface area contributed by atoms with Crippen LogP contribution in [0.1, 0.15) is 43.3 Å². The topological polar surface area (TPSA) is 84.3 Å². The average Bonchev–Trinajstić information content (AvgIpc) is 3.00. The Balaban J connectivity index is 1.85. The molecule has 0 aliphatic heterocycles. The van der Waals surface area contributed by atoms with Crippen LogP contribution in [0.15, 0.2) is 24.3 Å². The van der Waals surface area contributed by atoms with Crippen molar-refractivity contribution >= 4 is 33.3 Å². The number of aliphatic carboxylic acids is 1. The highest BCUT2D eigenvalue weighted by atomic mass is 32.1. The van der Waals surface area contributed by atoms with Crippen molar-refractivity contribution in [2.75, 3.05) is 18.5 Å². The molecule has 7 heteroatoms. The predicted molar refractivity (Wildman–Crippen MR) is 118 cm³/mol. The molecule has 0 radical (unpaired) electrons. The molecular weight excluding hydrogens is 386 g/mol. The number of hydrogen-bond donors (Lipinski definition) is 2. The summed E-state index contributed by atoms with van der Waals surface area (Å²) in [4.78, 5) is 22.1. The zero-order chi connectivity index (χ0) is 20.8. The van der Waals surface area contributed by atoms with Gasteiger partial charge in [-0.25, -0.2) is 9.97 Å². The predicted octanol–water partition coefficient (Wildman–Crippen LogP) is 5.43. The van der Waals surface area contributed by atoms with E-state index in [1.807, 2.05) is 26.0 Å². The first kappa shape index (κ1) is 21.0. The highest BCUT2D eigenvalue weighted by Crippen LogP contribution is 2.41. The van der Waals surface area contributed by atoms with Crippen LogP contribution in [0.4, 0.5) is 5.82 Å². The number of carbonyl (C=O) groups is 1. The van der Waals surface area contributed by atoms with Crippen LogP contribution in [0, 0.1) is 13.8 Å². The first-order valence-electron chi connectivity index (χ1n) is 9.96. The molecule has 2 aromatic heterocycles. The number of nitrogens with zero attached hydrogens (tertiary/aromatic N) is 2. The summed E-state index contributed by atoms with van der Waals surface area (Å²) in [5.41, 5.74) is 2.27. The van der Waals surface area contributed by atoms with E-state index < -0.39 is 5.97 Å². The maximum absolute atomic E-state index is 10.6. The number of thiophene rings is 1. The van der Waals surface area contributed by atoms with Gasteiger partial charge in [-0.2, -0.15) is 0 Å². The molecule has 0 bridgehead atoms. The summed E-state index contributed by atoms with van der Waals surface area (Å²) in [5, 5.41) is 13.2. The minimum atomic E-state index is -0.736. The van der Waals surface area contributed by atoms with E-state index >= 15 is 0 Å². The highest BCUT2D eigenvalue weighted by molar-refractivity contribution is 7.19. The molecule has 0 atom stereocenters. The van der Waals surface area contributed by atoms with Gasteiger partial charge in [-0.3, -0.25) is 4.79 Å². The van der Waals surface area contributed by atoms with E-state index in [2.05, 4.69) is 34.3 Å². The molecular formula is C22H27N3O3S. The Bertz CT molecular complexity index is 983. The highest BCUT2D eigenvalue weighted by Gasteiger charge is 2.17. The Hall–Kier alpha value is -2.67. The van der Waals surface area contributed by atoms with Gasteiger partial charge in [0.1, 0.15) is 22.2 Å². The summed E-state index contributed by atoms with van der Waals surface area (Å²) < 4.78 is 5.56. The molecule has 6 nitrogen and oxygen atoms in total. The third-order valence-electron chi connectivity index (χ3n) is 4.65. The smallest absolute Gasteiger partial charge is 0.303 e. The lowest BCUT2D eigenvalue weighted by Crippen LogP contribution is -2.06. The van der Waals surface area contributed by atoms with Gasteiger partial charge in [0.15, 0.2) is 0 Å². The standard InChI is InChI=1S/C22H27N3O3S/c1-4-28-17-11-9-16(10-12-17)19-14(2)29-22-20(19)21(24-15(3)25-22)23-13-7-5-6-8-18(26)27/h9-12H,4-8,13H2,1-3H3,(H,26,27)(H,23,24,25). The number of unbranched alkanes of at least 4 members (excludes halogenated alkanes) is 2. The van der Waals surface area contributed by atoms with Crippen molar-refractivity contribution in [3.05, 3.63) is 35.0 Å². The lowest BCUT2D eigenvalue weighted by Gasteiger charge is -2.10. The van der Waals surface area contributed by atoms with E-state index in [1.165, 1.54) is 4.88 Å². The molecule has 3 rings (SSSR count). The fraction of sp³-hybridized carbons (Fsp3) is 0.409. The quantitative estimate of drug-likeness (QED) is 0.431. The lowest BCUT2D eigenvalue weighted by atomic mass is 10.0. The maximum Gasteiger partial charge on any atom is 0.303 e. The number of carboxylic acid groups (broad SMARTS) is 1. The van der Waals surface area contributed by atoms with Crippen LogP contribution in [0.3, 0.4) is 0 Å². The molecule has 2 N–H and O–H groups in total. The van der Waals surface area contributed by atoms with Crippen molar-refractivity contribution < 1.29 is 14.6 Å². The van der Waals surface area contributed by atoms with Gasteiger partial charge >= 0.3 is 5.97 Å². The van der Waals surface area contributed by atoms with E-state index in [0.29, 0.717) is 13.0 Å². The molecule has 0 aliphatic carbocycles. The lowest BCUT2D eigenvalue weighted by molar-refractivity contribution is -0.137. The number of hydrogen-bond acceptors (Lipinski definition) is 6. The number of ether oxygens (including phenoxy) is 1. The first-order chi connectivity index (χ1) is 14.0. The molecule has 0 unspecified atom stereocenters. The van der Waals surface area contributed by atoms with E-state index in [1.54, 1.807) is 11.3 Å². The van der Waals surface area contributed by atoms with E-state index in [9.17, 15) is 4.79 Å². The van der Waals surface area contributed by atoms with E-state index in [4.69, 9.17) is 9.84 Å². The molecule has 154 valence electrons. The van der Waals surface area contributed by atoms with Crippen molar-refractivity contribution in [2.24, 2.45) is 0 Å². The number of anilines is 1. The van der Waals surface area contributed by atoms with Gasteiger partial charge in [-0.1, -0.05) is 18.6 Å². The molecule has 2 heterocycles. The summed E-state index contributed by atoms with van der Waals surface area (Å²) in [6.45, 7) is 7.40. The number of carboxylic acids is 1. The number of benzene rings is 1. The van der Waals surface area contributed by atoms with Crippen LogP contribution >= 0.6 is 11.3 Å². The van der Waals surface area contributed by atoms with Crippen LogP contribution in [0.25, 0.3) is 21.3 Å². The maximum atomic E-state index is 10.6. The van der Waals surface area contributed by atoms with Gasteiger partial charge in [0.05, 0.1) is 12.0 Å². The fourth-order valence-corrected chi connectivity index (χ4v) is 4.45. The molecule has 0 fully saturated rings. The summed E-state index contributed by atoms with van der Waals surface area (Å²) >= 11 is 1.68. The van der Waals surface area contributed by atoms with Crippen molar-refractivity contribution in [1.82, 2.24) is 9.97 Å². The van der Waals surface area contributed by atoms with Crippen molar-refractivity contribution in [3.8, 4) is 16.9 Å². The van der Waals surface area contributed by atoms with Gasteiger partial charge in [-0.15, -0.1) is 11.3 Å². The minimum absolute atomic E-state index is 0.225. The largest absolute Gasteiger partial charge is 0.494 e. The third kappa shape index (κ3) is 5.23. The van der Waals surface area contributed by atoms with Gasteiger partial charge in [0, 0.05) is 23.4 Å². The number of fused-ring (bicyclic) bond motifs is 1. The zero-order valence-corrected chi connectivity index (χ0v) is 17.9. The molecule has 0 amide bonds. The molecule has 0 spiro atoms. The summed E-state index contributed by atoms with van der Waals surface area (Å²) in [6, 6.07) is 8.14. The average molecular weight is 414 g/mol. The number of nitrogens with one attached hydrogen (secondary N) is 1. The van der Waals surface area contributed by atoms with E-state index in [0.717, 1.165) is 58.1 Å². The second-order valence-electron chi connectivity index (χ2n) is 6.92. The Morgan fingerprint density at radius 2 is 1.90 bits per heavy atom. The Labute approximate surface area is 175 Å². The monoisotopic (exact) mass is 413 g/mol. The van der Waals surface area contributed by atoms with Gasteiger partial charge in [0.2, 0.25) is 0 Å². The molecule has 29 heavy (non-hydrogen) atoms. The van der Waals surface area contributed by atoms with Gasteiger partial charge in [-0.05, 0) is 51.3 Å². The number of rotatable bonds is 10. The van der Waals surface area contributed by atoms with Gasteiger partial charge < -0.3 is 15.2 Å². The molecule has 1 aromatic carbocycles. The summed E-state index contributed by atoms with van der Waals surface area (Å²) in [6.07, 6.45) is 2.70. The number of aryl methyl sites for hydroxylation is 2. The van der Waals surface area contributed by atoms with Crippen LogP contribution < -0.4 is 10.1 Å². The molecule has 0 saturated carbocycles. The van der Waals surface area contributed by atoms with Crippen LogP contribution in [0.5, 0.6) is 5.75 Å². The fourth-order valence-electron chi connectivity index (χ4n) is 3.36. The van der Waals surface area contributed by atoms with Crippen molar-refractivity contribution in [3.63, 3.8) is 0 Å². The van der Waals surface area contributed by atoms with Crippen LogP contribution in [-0.4, -0.2) is 34.2 Å². The second-order valence-corrected chi connectivity index (χ2v) is 8.12. The summed E-state index contributed by atoms with van der Waals surface area (Å²) in [5.74, 6) is 1.71. The number of aromatic nitrogens is 2. The Kier molecular flexibility index (Phi) is 7.04. The molecule has 3 aromatic rings. The minimum Gasteiger partial charge on any atom is -0.494 e. The first-order valence-corrected chi connectivity index (χ1v) is 10.8. The van der Waals surface area contributed by atoms with Crippen molar-refractivity contribution in [1.29, 1.82) is 0 Å². The van der Waals surface area contributed by atoms with Crippen molar-refractivity contribution in [2.45, 2.75) is 46.5 Å². The molecule has 0 saturated heterocycles. The van der Waals surface area contributed by atoms with E-state index in [-0.39, 0.29) is 6.42 Å². The van der Waals surface area contributed by atoms with Gasteiger partial charge in [0.25, 0.3) is 0 Å². The Morgan fingerprint density at radius 1 is 1.14 bits per heavy atom. The Morgan fingerprint density at radius 3 is 2.59 bits per heavy atom. The normalized spacial score (nSPS) is 11.0. The second kappa shape index (κ2) is 9.69. The van der Waals surface area contributed by atoms with Crippen LogP contribution in [0.2, 0.25) is 0 Å². The SMILES string of the molecule is CCOc1ccc(-c2c(C)sc3nc(C)nc(NCCCCCC(=O)O)c23)cc1. The molecule has 0 aliphatic rings. The summed E-state index contributed by atoms with van der Waals surface area (Å²) in [7, 11) is 0. The third-order valence-corrected chi connectivity index (χ3v) is 5.65. The zero-order valence-electron chi connectivity index (χ0n) is 17.1.